The van der Waals surface area contributed by atoms with Crippen molar-refractivity contribution < 1.29 is 5.11 Å². The lowest BCUT2D eigenvalue weighted by atomic mass is 9.99. The first kappa shape index (κ1) is 20.3. The largest absolute Gasteiger partial charge is 0.390 e. The average Bonchev–Trinajstić information content (AvgIpc) is 3.30. The van der Waals surface area contributed by atoms with Gasteiger partial charge in [-0.05, 0) is 39.3 Å². The van der Waals surface area contributed by atoms with Crippen molar-refractivity contribution in [2.45, 2.75) is 39.3 Å². The van der Waals surface area contributed by atoms with E-state index in [1.54, 1.807) is 32.3 Å². The number of nitrogens with zero attached hydrogens (tertiary/aromatic N) is 4. The van der Waals surface area contributed by atoms with Gasteiger partial charge in [-0.15, -0.1) is 0 Å². The number of benzene rings is 1. The minimum absolute atomic E-state index is 0.610. The molecule has 0 saturated carbocycles. The van der Waals surface area contributed by atoms with E-state index in [1.807, 2.05) is 48.3 Å². The van der Waals surface area contributed by atoms with Crippen LogP contribution in [0.5, 0.6) is 0 Å². The molecule has 0 amide bonds. The minimum Gasteiger partial charge on any atom is -0.390 e. The first-order valence-electron chi connectivity index (χ1n) is 9.84. The van der Waals surface area contributed by atoms with Crippen molar-refractivity contribution >= 4 is 11.6 Å². The monoisotopic (exact) mass is 421 g/mol. The molecule has 1 aromatic carbocycles. The summed E-state index contributed by atoms with van der Waals surface area (Å²) < 4.78 is 1.92. The molecular formula is C23H24ClN5O. The van der Waals surface area contributed by atoms with Crippen molar-refractivity contribution in [1.29, 1.82) is 0 Å². The lowest BCUT2D eigenvalue weighted by Gasteiger charge is -2.17. The van der Waals surface area contributed by atoms with E-state index in [9.17, 15) is 5.11 Å². The van der Waals surface area contributed by atoms with E-state index < -0.39 is 5.60 Å². The van der Waals surface area contributed by atoms with Crippen LogP contribution in [0.15, 0.2) is 55.1 Å². The molecule has 0 atom stereocenters. The molecular weight excluding hydrogens is 398 g/mol. The molecule has 0 saturated heterocycles. The second kappa shape index (κ2) is 8.05. The molecule has 0 fully saturated rings. The Kier molecular flexibility index (Phi) is 5.45. The summed E-state index contributed by atoms with van der Waals surface area (Å²) in [5.41, 5.74) is 4.85. The Bertz CT molecular complexity index is 1160. The van der Waals surface area contributed by atoms with Gasteiger partial charge in [0.2, 0.25) is 0 Å². The Labute approximate surface area is 180 Å². The van der Waals surface area contributed by atoms with Crippen LogP contribution in [-0.2, 0) is 6.54 Å². The highest BCUT2D eigenvalue weighted by atomic mass is 35.5. The molecule has 0 aliphatic heterocycles. The predicted molar refractivity (Wildman–Crippen MR) is 119 cm³/mol. The van der Waals surface area contributed by atoms with E-state index in [2.05, 4.69) is 20.1 Å². The first-order chi connectivity index (χ1) is 14.3. The Morgan fingerprint density at radius 1 is 1.07 bits per heavy atom. The Hall–Kier alpha value is -2.96. The Morgan fingerprint density at radius 3 is 2.50 bits per heavy atom. The maximum Gasteiger partial charge on any atom is 0.161 e. The third-order valence-corrected chi connectivity index (χ3v) is 5.47. The molecule has 2 N–H and O–H groups in total. The molecule has 30 heavy (non-hydrogen) atoms. The number of hydrogen-bond acceptors (Lipinski definition) is 4. The van der Waals surface area contributed by atoms with Gasteiger partial charge in [0, 0.05) is 52.5 Å². The van der Waals surface area contributed by atoms with Gasteiger partial charge < -0.3 is 10.1 Å². The van der Waals surface area contributed by atoms with Gasteiger partial charge >= 0.3 is 0 Å². The summed E-state index contributed by atoms with van der Waals surface area (Å²) in [5, 5.41) is 15.3. The van der Waals surface area contributed by atoms with Crippen LogP contribution in [0, 0.1) is 6.92 Å². The van der Waals surface area contributed by atoms with E-state index in [0.717, 1.165) is 33.6 Å². The standard InChI is InChI=1S/C23H24ClN5O/c1-15-17(14-28-29(15)12-9-23(2,3)30)21-20(22-25-10-6-11-26-22)18(13-27-21)16-7-4-5-8-19(16)24/h4-8,10-11,13-14,27,30H,9,12H2,1-3H3. The van der Waals surface area contributed by atoms with Crippen molar-refractivity contribution in [2.75, 3.05) is 0 Å². The number of H-pyrrole nitrogens is 1. The lowest BCUT2D eigenvalue weighted by molar-refractivity contribution is 0.0649. The van der Waals surface area contributed by atoms with Crippen molar-refractivity contribution in [1.82, 2.24) is 24.7 Å². The van der Waals surface area contributed by atoms with E-state index in [0.29, 0.717) is 23.8 Å². The van der Waals surface area contributed by atoms with E-state index in [1.165, 1.54) is 0 Å². The molecule has 6 nitrogen and oxygen atoms in total. The van der Waals surface area contributed by atoms with Gasteiger partial charge in [0.05, 0.1) is 23.1 Å². The first-order valence-corrected chi connectivity index (χ1v) is 10.2. The van der Waals surface area contributed by atoms with Crippen LogP contribution in [0.25, 0.3) is 33.8 Å². The van der Waals surface area contributed by atoms with E-state index >= 15 is 0 Å². The highest BCUT2D eigenvalue weighted by Gasteiger charge is 2.23. The third-order valence-electron chi connectivity index (χ3n) is 5.14. The van der Waals surface area contributed by atoms with Crippen LogP contribution in [0.4, 0.5) is 0 Å². The van der Waals surface area contributed by atoms with Crippen LogP contribution in [0.1, 0.15) is 26.0 Å². The quantitative estimate of drug-likeness (QED) is 0.452. The normalized spacial score (nSPS) is 11.8. The summed E-state index contributed by atoms with van der Waals surface area (Å²) in [7, 11) is 0. The van der Waals surface area contributed by atoms with Gasteiger partial charge in [-0.1, -0.05) is 29.8 Å². The van der Waals surface area contributed by atoms with Gasteiger partial charge in [0.1, 0.15) is 0 Å². The summed E-state index contributed by atoms with van der Waals surface area (Å²) in [6.07, 6.45) is 7.85. The molecule has 7 heteroatoms. The summed E-state index contributed by atoms with van der Waals surface area (Å²) in [5.74, 6) is 0.618. The van der Waals surface area contributed by atoms with Crippen molar-refractivity contribution in [3.63, 3.8) is 0 Å². The van der Waals surface area contributed by atoms with Gasteiger partial charge in [0.15, 0.2) is 5.82 Å². The molecule has 0 aliphatic carbocycles. The van der Waals surface area contributed by atoms with Gasteiger partial charge in [-0.25, -0.2) is 9.97 Å². The molecule has 0 aliphatic rings. The summed E-state index contributed by atoms with van der Waals surface area (Å²) >= 11 is 6.50. The average molecular weight is 422 g/mol. The van der Waals surface area contributed by atoms with Crippen LogP contribution in [-0.4, -0.2) is 35.4 Å². The predicted octanol–water partition coefficient (Wildman–Crippen LogP) is 5.13. The number of nitrogens with one attached hydrogen (secondary N) is 1. The molecule has 0 radical (unpaired) electrons. The Morgan fingerprint density at radius 2 is 1.80 bits per heavy atom. The lowest BCUT2D eigenvalue weighted by Crippen LogP contribution is -2.21. The fourth-order valence-electron chi connectivity index (χ4n) is 3.49. The van der Waals surface area contributed by atoms with Gasteiger partial charge in [-0.2, -0.15) is 5.10 Å². The number of aromatic nitrogens is 5. The molecule has 3 aromatic heterocycles. The number of aryl methyl sites for hydroxylation is 1. The number of aliphatic hydroxyl groups is 1. The fourth-order valence-corrected chi connectivity index (χ4v) is 3.72. The van der Waals surface area contributed by atoms with Crippen LogP contribution >= 0.6 is 11.6 Å². The molecule has 154 valence electrons. The number of halogens is 1. The van der Waals surface area contributed by atoms with Crippen molar-refractivity contribution in [3.8, 4) is 33.8 Å². The highest BCUT2D eigenvalue weighted by molar-refractivity contribution is 6.33. The van der Waals surface area contributed by atoms with Crippen molar-refractivity contribution in [2.24, 2.45) is 0 Å². The zero-order valence-corrected chi connectivity index (χ0v) is 18.0. The van der Waals surface area contributed by atoms with Crippen molar-refractivity contribution in [3.05, 3.63) is 65.8 Å². The second-order valence-corrected chi connectivity index (χ2v) is 8.34. The topological polar surface area (TPSA) is 79.6 Å². The van der Waals surface area contributed by atoms with Crippen LogP contribution < -0.4 is 0 Å². The summed E-state index contributed by atoms with van der Waals surface area (Å²) in [6, 6.07) is 9.53. The maximum absolute atomic E-state index is 10.1. The second-order valence-electron chi connectivity index (χ2n) is 7.93. The van der Waals surface area contributed by atoms with Gasteiger partial charge in [0.25, 0.3) is 0 Å². The minimum atomic E-state index is -0.745. The zero-order chi connectivity index (χ0) is 21.3. The molecule has 0 bridgehead atoms. The molecule has 0 spiro atoms. The van der Waals surface area contributed by atoms with E-state index in [4.69, 9.17) is 11.6 Å². The van der Waals surface area contributed by atoms with E-state index in [-0.39, 0.29) is 0 Å². The molecule has 3 heterocycles. The smallest absolute Gasteiger partial charge is 0.161 e. The van der Waals surface area contributed by atoms with Crippen LogP contribution in [0.2, 0.25) is 5.02 Å². The summed E-state index contributed by atoms with van der Waals surface area (Å²) in [6.45, 7) is 6.26. The molecule has 4 aromatic rings. The molecule has 4 rings (SSSR count). The number of aromatic amines is 1. The number of hydrogen-bond donors (Lipinski definition) is 2. The summed E-state index contributed by atoms with van der Waals surface area (Å²) in [4.78, 5) is 12.4. The Balaban J connectivity index is 1.84. The number of rotatable bonds is 6. The maximum atomic E-state index is 10.1. The van der Waals surface area contributed by atoms with Gasteiger partial charge in [-0.3, -0.25) is 4.68 Å². The third kappa shape index (κ3) is 4.01. The van der Waals surface area contributed by atoms with Crippen LogP contribution in [0.3, 0.4) is 0 Å². The SMILES string of the molecule is Cc1c(-c2[nH]cc(-c3ccccc3Cl)c2-c2ncccn2)cnn1CCC(C)(C)O. The fraction of sp³-hybridized carbons (Fsp3) is 0.261. The highest BCUT2D eigenvalue weighted by Crippen LogP contribution is 2.41. The molecule has 0 unspecified atom stereocenters. The zero-order valence-electron chi connectivity index (χ0n) is 17.2.